The molecule has 0 aliphatic carbocycles. The number of hydrogen-bond donors (Lipinski definition) is 0. The second-order valence-corrected chi connectivity index (χ2v) is 8.89. The van der Waals surface area contributed by atoms with Crippen molar-refractivity contribution in [3.63, 3.8) is 0 Å². The van der Waals surface area contributed by atoms with E-state index < -0.39 is 10.7 Å². The fraction of sp³-hybridized carbons (Fsp3) is 0.0833. The van der Waals surface area contributed by atoms with Crippen LogP contribution in [0.1, 0.15) is 16.7 Å². The first-order chi connectivity index (χ1) is 15.8. The molecular weight excluding hydrogens is 463 g/mol. The highest BCUT2D eigenvalue weighted by Crippen LogP contribution is 2.38. The summed E-state index contributed by atoms with van der Waals surface area (Å²) in [5.74, 6) is -0.468. The Morgan fingerprint density at radius 3 is 2.58 bits per heavy atom. The van der Waals surface area contributed by atoms with Gasteiger partial charge in [0.15, 0.2) is 4.32 Å². The summed E-state index contributed by atoms with van der Waals surface area (Å²) < 4.78 is 20.1. The Balaban J connectivity index is 1.66. The number of carbonyl (C=O) groups excluding carboxylic acids is 1. The minimum atomic E-state index is -0.532. The van der Waals surface area contributed by atoms with Crippen LogP contribution in [0.25, 0.3) is 6.08 Å². The molecule has 3 aromatic carbocycles. The first-order valence-electron chi connectivity index (χ1n) is 9.83. The van der Waals surface area contributed by atoms with E-state index in [9.17, 15) is 19.3 Å². The molecule has 0 atom stereocenters. The molecule has 1 aliphatic heterocycles. The number of halogens is 1. The van der Waals surface area contributed by atoms with Crippen LogP contribution < -0.4 is 9.64 Å². The van der Waals surface area contributed by atoms with Crippen LogP contribution in [0.5, 0.6) is 5.75 Å². The third-order valence-electron chi connectivity index (χ3n) is 4.92. The molecule has 1 heterocycles. The molecule has 4 rings (SSSR count). The SMILES string of the molecule is Cc1ccc(N2C(=O)C(=Cc3cc([N+](=O)[O-])ccc3OCc3ccccc3F)SC2=S)cc1. The number of non-ortho nitro benzene ring substituents is 1. The molecule has 0 radical (unpaired) electrons. The lowest BCUT2D eigenvalue weighted by molar-refractivity contribution is -0.384. The van der Waals surface area contributed by atoms with Crippen molar-refractivity contribution >= 4 is 51.7 Å². The second kappa shape index (κ2) is 9.51. The van der Waals surface area contributed by atoms with Gasteiger partial charge in [-0.05, 0) is 37.3 Å². The monoisotopic (exact) mass is 480 g/mol. The number of amides is 1. The van der Waals surface area contributed by atoms with E-state index in [-0.39, 0.29) is 24.0 Å². The molecule has 6 nitrogen and oxygen atoms in total. The standard InChI is InChI=1S/C24H17FN2O4S2/c1-15-6-8-18(9-7-15)26-23(28)22(33-24(26)32)13-17-12-19(27(29)30)10-11-21(17)31-14-16-4-2-3-5-20(16)25/h2-13H,14H2,1H3. The molecule has 1 fully saturated rings. The van der Waals surface area contributed by atoms with Crippen molar-refractivity contribution in [1.82, 2.24) is 0 Å². The van der Waals surface area contributed by atoms with Crippen LogP contribution in [0.2, 0.25) is 0 Å². The number of nitro groups is 1. The summed E-state index contributed by atoms with van der Waals surface area (Å²) >= 11 is 6.50. The first kappa shape index (κ1) is 22.6. The summed E-state index contributed by atoms with van der Waals surface area (Å²) in [6.45, 7) is 1.87. The molecule has 9 heteroatoms. The van der Waals surface area contributed by atoms with Gasteiger partial charge in [0.25, 0.3) is 11.6 Å². The first-order valence-corrected chi connectivity index (χ1v) is 11.1. The number of carbonyl (C=O) groups is 1. The van der Waals surface area contributed by atoms with E-state index in [1.54, 1.807) is 30.3 Å². The topological polar surface area (TPSA) is 72.7 Å². The molecule has 1 amide bonds. The summed E-state index contributed by atoms with van der Waals surface area (Å²) in [6, 6.07) is 17.6. The van der Waals surface area contributed by atoms with Crippen LogP contribution >= 0.6 is 24.0 Å². The number of ether oxygens (including phenoxy) is 1. The molecule has 1 aliphatic rings. The maximum atomic E-state index is 14.0. The fourth-order valence-corrected chi connectivity index (χ4v) is 4.48. The van der Waals surface area contributed by atoms with Crippen molar-refractivity contribution in [3.05, 3.63) is 104 Å². The van der Waals surface area contributed by atoms with Crippen molar-refractivity contribution in [3.8, 4) is 5.75 Å². The molecule has 0 bridgehead atoms. The number of thioether (sulfide) groups is 1. The Labute approximate surface area is 198 Å². The quantitative estimate of drug-likeness (QED) is 0.186. The number of rotatable bonds is 6. The van der Waals surface area contributed by atoms with E-state index in [0.717, 1.165) is 17.3 Å². The molecule has 3 aromatic rings. The van der Waals surface area contributed by atoms with Crippen LogP contribution in [-0.2, 0) is 11.4 Å². The van der Waals surface area contributed by atoms with E-state index in [4.69, 9.17) is 17.0 Å². The molecule has 166 valence electrons. The summed E-state index contributed by atoms with van der Waals surface area (Å²) in [4.78, 5) is 25.6. The third-order valence-corrected chi connectivity index (χ3v) is 6.22. The van der Waals surface area contributed by atoms with Crippen LogP contribution in [0.3, 0.4) is 0 Å². The average molecular weight is 481 g/mol. The zero-order valence-electron chi connectivity index (χ0n) is 17.4. The number of anilines is 1. The van der Waals surface area contributed by atoms with Crippen molar-refractivity contribution in [1.29, 1.82) is 0 Å². The van der Waals surface area contributed by atoms with Gasteiger partial charge in [0.2, 0.25) is 0 Å². The Morgan fingerprint density at radius 2 is 1.88 bits per heavy atom. The zero-order valence-corrected chi connectivity index (χ0v) is 19.0. The Bertz CT molecular complexity index is 1290. The van der Waals surface area contributed by atoms with Gasteiger partial charge in [0.05, 0.1) is 15.5 Å². The van der Waals surface area contributed by atoms with Gasteiger partial charge in [-0.25, -0.2) is 4.39 Å². The van der Waals surface area contributed by atoms with E-state index >= 15 is 0 Å². The van der Waals surface area contributed by atoms with Gasteiger partial charge in [0.1, 0.15) is 18.2 Å². The molecule has 0 N–H and O–H groups in total. The highest BCUT2D eigenvalue weighted by Gasteiger charge is 2.33. The van der Waals surface area contributed by atoms with Gasteiger partial charge >= 0.3 is 0 Å². The summed E-state index contributed by atoms with van der Waals surface area (Å²) in [6.07, 6.45) is 1.51. The van der Waals surface area contributed by atoms with E-state index in [2.05, 4.69) is 0 Å². The predicted molar refractivity (Wildman–Crippen MR) is 131 cm³/mol. The van der Waals surface area contributed by atoms with Crippen molar-refractivity contribution in [2.45, 2.75) is 13.5 Å². The third kappa shape index (κ3) is 4.94. The Hall–Kier alpha value is -3.56. The number of benzene rings is 3. The summed E-state index contributed by atoms with van der Waals surface area (Å²) in [7, 11) is 0. The van der Waals surface area contributed by atoms with Crippen LogP contribution in [0.15, 0.2) is 71.6 Å². The van der Waals surface area contributed by atoms with Gasteiger partial charge in [-0.15, -0.1) is 0 Å². The highest BCUT2D eigenvalue weighted by atomic mass is 32.2. The van der Waals surface area contributed by atoms with E-state index in [1.165, 1.54) is 35.2 Å². The van der Waals surface area contributed by atoms with Crippen LogP contribution in [0.4, 0.5) is 15.8 Å². The molecular formula is C24H17FN2O4S2. The number of nitro benzene ring substituents is 1. The Morgan fingerprint density at radius 1 is 1.15 bits per heavy atom. The number of aryl methyl sites for hydroxylation is 1. The summed E-state index contributed by atoms with van der Waals surface area (Å²) in [5, 5.41) is 11.3. The lowest BCUT2D eigenvalue weighted by Crippen LogP contribution is -2.27. The molecule has 1 saturated heterocycles. The molecule has 0 unspecified atom stereocenters. The molecule has 0 aromatic heterocycles. The number of nitrogens with zero attached hydrogens (tertiary/aromatic N) is 2. The predicted octanol–water partition coefficient (Wildman–Crippen LogP) is 6.03. The van der Waals surface area contributed by atoms with Gasteiger partial charge in [-0.2, -0.15) is 0 Å². The largest absolute Gasteiger partial charge is 0.488 e. The van der Waals surface area contributed by atoms with E-state index in [0.29, 0.717) is 26.0 Å². The van der Waals surface area contributed by atoms with Crippen LogP contribution in [-0.4, -0.2) is 15.2 Å². The maximum absolute atomic E-state index is 14.0. The fourth-order valence-electron chi connectivity index (χ4n) is 3.19. The van der Waals surface area contributed by atoms with Gasteiger partial charge in [0, 0.05) is 23.3 Å². The Kier molecular flexibility index (Phi) is 6.52. The van der Waals surface area contributed by atoms with E-state index in [1.807, 2.05) is 19.1 Å². The van der Waals surface area contributed by atoms with Crippen molar-refractivity contribution < 1.29 is 18.8 Å². The molecule has 33 heavy (non-hydrogen) atoms. The maximum Gasteiger partial charge on any atom is 0.270 e. The second-order valence-electron chi connectivity index (χ2n) is 7.21. The average Bonchev–Trinajstić information content (AvgIpc) is 3.07. The summed E-state index contributed by atoms with van der Waals surface area (Å²) in [5.41, 5.74) is 2.19. The normalized spacial score (nSPS) is 14.7. The van der Waals surface area contributed by atoms with Crippen molar-refractivity contribution in [2.24, 2.45) is 0 Å². The van der Waals surface area contributed by atoms with Crippen molar-refractivity contribution in [2.75, 3.05) is 4.90 Å². The molecule has 0 spiro atoms. The number of thiocarbonyl (C=S) groups is 1. The van der Waals surface area contributed by atoms with Gasteiger partial charge in [-0.1, -0.05) is 59.9 Å². The van der Waals surface area contributed by atoms with Gasteiger partial charge < -0.3 is 4.74 Å². The highest BCUT2D eigenvalue weighted by molar-refractivity contribution is 8.27. The smallest absolute Gasteiger partial charge is 0.270 e. The zero-order chi connectivity index (χ0) is 23.5. The minimum Gasteiger partial charge on any atom is -0.488 e. The van der Waals surface area contributed by atoms with Gasteiger partial charge in [-0.3, -0.25) is 19.8 Å². The lowest BCUT2D eigenvalue weighted by Gasteiger charge is -2.14. The molecule has 0 saturated carbocycles. The van der Waals surface area contributed by atoms with Crippen LogP contribution in [0, 0.1) is 22.9 Å². The minimum absolute atomic E-state index is 0.0738. The lowest BCUT2D eigenvalue weighted by atomic mass is 10.1. The number of hydrogen-bond acceptors (Lipinski definition) is 6.